The summed E-state index contributed by atoms with van der Waals surface area (Å²) in [5, 5.41) is 8.36. The molecule has 1 saturated carbocycles. The fourth-order valence-corrected chi connectivity index (χ4v) is 2.43. The molecule has 8 heteroatoms. The topological polar surface area (TPSA) is 99.8 Å². The van der Waals surface area contributed by atoms with E-state index >= 15 is 0 Å². The molecule has 2 aromatic rings. The molecule has 0 saturated heterocycles. The number of ether oxygens (including phenoxy) is 1. The molecule has 1 aliphatic carbocycles. The number of carbonyl (C=O) groups excluding carboxylic acids is 3. The van der Waals surface area contributed by atoms with Crippen LogP contribution in [0.15, 0.2) is 48.5 Å². The normalized spacial score (nSPS) is 12.6. The molecule has 3 rings (SSSR count). The minimum absolute atomic E-state index is 0.0488. The molecule has 0 aromatic heterocycles. The number of benzene rings is 2. The van der Waals surface area contributed by atoms with Gasteiger partial charge in [-0.15, -0.1) is 0 Å². The number of anilines is 2. The van der Waals surface area contributed by atoms with Gasteiger partial charge in [-0.3, -0.25) is 9.59 Å². The summed E-state index contributed by atoms with van der Waals surface area (Å²) in [6.45, 7) is -0.0488. The summed E-state index contributed by atoms with van der Waals surface area (Å²) in [6, 6.07) is 13.5. The van der Waals surface area contributed by atoms with E-state index in [0.29, 0.717) is 22.7 Å². The first-order valence-corrected chi connectivity index (χ1v) is 9.32. The Labute approximate surface area is 169 Å². The number of rotatable bonds is 7. The number of hydrogen-bond donors (Lipinski definition) is 3. The third-order valence-electron chi connectivity index (χ3n) is 4.27. The van der Waals surface area contributed by atoms with Crippen molar-refractivity contribution in [3.8, 4) is 5.75 Å². The maximum atomic E-state index is 12.5. The van der Waals surface area contributed by atoms with Crippen LogP contribution in [0, 0.1) is 0 Å². The molecule has 0 spiro atoms. The van der Waals surface area contributed by atoms with Crippen molar-refractivity contribution in [3.63, 3.8) is 0 Å². The van der Waals surface area contributed by atoms with Crippen molar-refractivity contribution in [3.05, 3.63) is 54.1 Å². The molecule has 1 aliphatic rings. The summed E-state index contributed by atoms with van der Waals surface area (Å²) in [5.41, 5.74) is 1.56. The first kappa shape index (κ1) is 20.2. The summed E-state index contributed by atoms with van der Waals surface area (Å²) in [7, 11) is 3.32. The van der Waals surface area contributed by atoms with Gasteiger partial charge in [-0.05, 0) is 55.3 Å². The van der Waals surface area contributed by atoms with Crippen LogP contribution >= 0.6 is 0 Å². The van der Waals surface area contributed by atoms with Gasteiger partial charge in [-0.2, -0.15) is 0 Å². The average molecular weight is 396 g/mol. The molecule has 29 heavy (non-hydrogen) atoms. The lowest BCUT2D eigenvalue weighted by atomic mass is 10.2. The Morgan fingerprint density at radius 3 is 2.38 bits per heavy atom. The second kappa shape index (κ2) is 9.09. The van der Waals surface area contributed by atoms with Crippen molar-refractivity contribution in [1.82, 2.24) is 10.2 Å². The van der Waals surface area contributed by atoms with Crippen LogP contribution in [0.1, 0.15) is 23.2 Å². The number of hydrogen-bond acceptors (Lipinski definition) is 4. The molecule has 0 unspecified atom stereocenters. The van der Waals surface area contributed by atoms with Gasteiger partial charge in [-0.25, -0.2) is 4.79 Å². The Balaban J connectivity index is 1.54. The minimum atomic E-state index is -0.298. The molecule has 0 bridgehead atoms. The second-order valence-corrected chi connectivity index (χ2v) is 7.01. The summed E-state index contributed by atoms with van der Waals surface area (Å²) in [4.78, 5) is 37.3. The van der Waals surface area contributed by atoms with Crippen LogP contribution in [-0.4, -0.2) is 49.5 Å². The Bertz CT molecular complexity index is 892. The highest BCUT2D eigenvalue weighted by Gasteiger charge is 2.23. The van der Waals surface area contributed by atoms with Gasteiger partial charge in [0.15, 0.2) is 6.61 Å². The van der Waals surface area contributed by atoms with E-state index in [9.17, 15) is 14.4 Å². The summed E-state index contributed by atoms with van der Waals surface area (Å²) < 4.78 is 5.41. The largest absolute Gasteiger partial charge is 0.484 e. The second-order valence-electron chi connectivity index (χ2n) is 7.01. The maximum absolute atomic E-state index is 12.5. The molecule has 0 atom stereocenters. The van der Waals surface area contributed by atoms with Gasteiger partial charge in [-0.1, -0.05) is 6.07 Å². The Kier molecular flexibility index (Phi) is 6.33. The fraction of sp³-hybridized carbons (Fsp3) is 0.286. The lowest BCUT2D eigenvalue weighted by molar-refractivity contribution is -0.130. The van der Waals surface area contributed by atoms with Crippen LogP contribution in [0.3, 0.4) is 0 Å². The number of carbonyl (C=O) groups is 3. The highest BCUT2D eigenvalue weighted by Crippen LogP contribution is 2.20. The van der Waals surface area contributed by atoms with Gasteiger partial charge in [0.25, 0.3) is 11.8 Å². The third-order valence-corrected chi connectivity index (χ3v) is 4.27. The monoisotopic (exact) mass is 396 g/mol. The minimum Gasteiger partial charge on any atom is -0.484 e. The van der Waals surface area contributed by atoms with Gasteiger partial charge in [0.1, 0.15) is 5.75 Å². The zero-order valence-electron chi connectivity index (χ0n) is 16.4. The lowest BCUT2D eigenvalue weighted by Gasteiger charge is -2.12. The highest BCUT2D eigenvalue weighted by atomic mass is 16.5. The lowest BCUT2D eigenvalue weighted by Crippen LogP contribution is -2.30. The molecule has 0 aliphatic heterocycles. The smallest absolute Gasteiger partial charge is 0.319 e. The number of nitrogens with one attached hydrogen (secondary N) is 3. The van der Waals surface area contributed by atoms with Gasteiger partial charge >= 0.3 is 6.03 Å². The molecular formula is C21H24N4O4. The van der Waals surface area contributed by atoms with Gasteiger partial charge < -0.3 is 25.6 Å². The summed E-state index contributed by atoms with van der Waals surface area (Å²) in [6.07, 6.45) is 2.01. The fourth-order valence-electron chi connectivity index (χ4n) is 2.43. The molecule has 8 nitrogen and oxygen atoms in total. The third kappa shape index (κ3) is 6.24. The predicted molar refractivity (Wildman–Crippen MR) is 110 cm³/mol. The van der Waals surface area contributed by atoms with E-state index in [1.54, 1.807) is 62.6 Å². The highest BCUT2D eigenvalue weighted by molar-refractivity contribution is 6.05. The SMILES string of the molecule is CN(C)C(=O)COc1ccc(NC(=O)c2cccc(NC(=O)NC3CC3)c2)cc1. The van der Waals surface area contributed by atoms with E-state index in [0.717, 1.165) is 12.8 Å². The Morgan fingerprint density at radius 1 is 1.00 bits per heavy atom. The number of amides is 4. The molecule has 152 valence electrons. The standard InChI is InChI=1S/C21H24N4O4/c1-25(2)19(26)13-29-18-10-8-15(9-11-18)22-20(27)14-4-3-5-17(12-14)24-21(28)23-16-6-7-16/h3-5,8-12,16H,6-7,13H2,1-2H3,(H,22,27)(H2,23,24,28). The molecule has 2 aromatic carbocycles. The van der Waals surface area contributed by atoms with Crippen LogP contribution in [0.5, 0.6) is 5.75 Å². The zero-order chi connectivity index (χ0) is 20.8. The van der Waals surface area contributed by atoms with Crippen molar-refractivity contribution < 1.29 is 19.1 Å². The van der Waals surface area contributed by atoms with Crippen LogP contribution in [0.2, 0.25) is 0 Å². The number of nitrogens with zero attached hydrogens (tertiary/aromatic N) is 1. The quantitative estimate of drug-likeness (QED) is 0.670. The van der Waals surface area contributed by atoms with Crippen molar-refractivity contribution in [2.75, 3.05) is 31.3 Å². The van der Waals surface area contributed by atoms with E-state index in [1.807, 2.05) is 0 Å². The van der Waals surface area contributed by atoms with Crippen molar-refractivity contribution in [1.29, 1.82) is 0 Å². The van der Waals surface area contributed by atoms with E-state index in [1.165, 1.54) is 4.90 Å². The number of urea groups is 1. The van der Waals surface area contributed by atoms with Crippen LogP contribution in [-0.2, 0) is 4.79 Å². The predicted octanol–water partition coefficient (Wildman–Crippen LogP) is 2.69. The van der Waals surface area contributed by atoms with Crippen LogP contribution in [0.25, 0.3) is 0 Å². The van der Waals surface area contributed by atoms with E-state index in [2.05, 4.69) is 16.0 Å². The van der Waals surface area contributed by atoms with E-state index in [-0.39, 0.29) is 30.5 Å². The van der Waals surface area contributed by atoms with Gasteiger partial charge in [0, 0.05) is 37.1 Å². The van der Waals surface area contributed by atoms with Crippen molar-refractivity contribution in [2.24, 2.45) is 0 Å². The molecule has 1 fully saturated rings. The molecular weight excluding hydrogens is 372 g/mol. The molecule has 0 heterocycles. The number of likely N-dealkylation sites (N-methyl/N-ethyl adjacent to an activating group) is 1. The van der Waals surface area contributed by atoms with Crippen LogP contribution in [0.4, 0.5) is 16.2 Å². The van der Waals surface area contributed by atoms with E-state index < -0.39 is 0 Å². The first-order chi connectivity index (χ1) is 13.9. The first-order valence-electron chi connectivity index (χ1n) is 9.32. The van der Waals surface area contributed by atoms with Gasteiger partial charge in [0.2, 0.25) is 0 Å². The van der Waals surface area contributed by atoms with E-state index in [4.69, 9.17) is 4.74 Å². The van der Waals surface area contributed by atoms with Crippen LogP contribution < -0.4 is 20.7 Å². The molecule has 3 N–H and O–H groups in total. The van der Waals surface area contributed by atoms with Gasteiger partial charge in [0.05, 0.1) is 0 Å². The molecule has 4 amide bonds. The summed E-state index contributed by atoms with van der Waals surface area (Å²) >= 11 is 0. The summed E-state index contributed by atoms with van der Waals surface area (Å²) in [5.74, 6) is 0.0976. The molecule has 0 radical (unpaired) electrons. The average Bonchev–Trinajstić information content (AvgIpc) is 3.51. The zero-order valence-corrected chi connectivity index (χ0v) is 16.4. The van der Waals surface area contributed by atoms with Crippen molar-refractivity contribution >= 4 is 29.2 Å². The van der Waals surface area contributed by atoms with Crippen molar-refractivity contribution in [2.45, 2.75) is 18.9 Å². The maximum Gasteiger partial charge on any atom is 0.319 e. The Morgan fingerprint density at radius 2 is 1.72 bits per heavy atom. The Hall–Kier alpha value is -3.55.